The minimum Gasteiger partial charge on any atom is -0.377 e. The van der Waals surface area contributed by atoms with Crippen LogP contribution in [0.15, 0.2) is 6.07 Å². The van der Waals surface area contributed by atoms with Gasteiger partial charge in [-0.05, 0) is 45.6 Å². The number of aryl methyl sites for hydroxylation is 2. The summed E-state index contributed by atoms with van der Waals surface area (Å²) in [5.74, 6) is 0.648. The highest BCUT2D eigenvalue weighted by Crippen LogP contribution is 2.26. The number of carbonyl (C=O) groups excluding carboxylic acids is 1. The molecule has 23 heavy (non-hydrogen) atoms. The summed E-state index contributed by atoms with van der Waals surface area (Å²) in [4.78, 5) is 21.0. The van der Waals surface area contributed by atoms with Crippen molar-refractivity contribution in [3.05, 3.63) is 23.3 Å². The van der Waals surface area contributed by atoms with Crippen LogP contribution in [0.25, 0.3) is 0 Å². The average Bonchev–Trinajstić information content (AvgIpc) is 2.50. The fourth-order valence-corrected chi connectivity index (χ4v) is 3.08. The van der Waals surface area contributed by atoms with Gasteiger partial charge < -0.3 is 15.8 Å². The lowest BCUT2D eigenvalue weighted by Gasteiger charge is -2.33. The summed E-state index contributed by atoms with van der Waals surface area (Å²) in [5, 5.41) is 2.94. The lowest BCUT2D eigenvalue weighted by atomic mass is 9.83. The maximum atomic E-state index is 12.3. The van der Waals surface area contributed by atoms with Gasteiger partial charge in [-0.15, -0.1) is 0 Å². The number of nitrogens with two attached hydrogens (primary N) is 1. The van der Waals surface area contributed by atoms with Crippen LogP contribution in [0, 0.1) is 19.8 Å². The number of nitrogens with one attached hydrogen (secondary N) is 1. The van der Waals surface area contributed by atoms with E-state index in [-0.39, 0.29) is 24.0 Å². The topological polar surface area (TPSA) is 90.1 Å². The molecule has 0 unspecified atom stereocenters. The molecule has 1 saturated carbocycles. The van der Waals surface area contributed by atoms with E-state index in [9.17, 15) is 4.79 Å². The molecule has 1 fully saturated rings. The molecule has 6 heteroatoms. The Kier molecular flexibility index (Phi) is 6.47. The second-order valence-electron chi connectivity index (χ2n) is 6.37. The summed E-state index contributed by atoms with van der Waals surface area (Å²) in [7, 11) is 0. The molecule has 0 bridgehead atoms. The first kappa shape index (κ1) is 17.8. The number of carbonyl (C=O) groups is 1. The van der Waals surface area contributed by atoms with E-state index in [0.717, 1.165) is 37.3 Å². The smallest absolute Gasteiger partial charge is 0.223 e. The predicted octanol–water partition coefficient (Wildman–Crippen LogP) is 1.63. The normalized spacial score (nSPS) is 24.4. The van der Waals surface area contributed by atoms with Gasteiger partial charge in [0.15, 0.2) is 0 Å². The van der Waals surface area contributed by atoms with Crippen LogP contribution in [0.5, 0.6) is 0 Å². The third-order valence-corrected chi connectivity index (χ3v) is 4.19. The van der Waals surface area contributed by atoms with Gasteiger partial charge in [-0.1, -0.05) is 6.92 Å². The van der Waals surface area contributed by atoms with Crippen LogP contribution in [-0.4, -0.2) is 34.6 Å². The summed E-state index contributed by atoms with van der Waals surface area (Å²) in [6.45, 7) is 7.04. The number of nitrogens with zero attached hydrogens (tertiary/aromatic N) is 2. The SMILES string of the molecule is CCCO[C@@H]1CC[C@H](C(=O)NCc2nc(C)cc(C)n2)C[C@H]1N. The fourth-order valence-electron chi connectivity index (χ4n) is 3.08. The first-order chi connectivity index (χ1) is 11.0. The van der Waals surface area contributed by atoms with Crippen LogP contribution in [0.1, 0.15) is 49.8 Å². The van der Waals surface area contributed by atoms with E-state index in [1.807, 2.05) is 19.9 Å². The van der Waals surface area contributed by atoms with Gasteiger partial charge in [-0.2, -0.15) is 0 Å². The van der Waals surface area contributed by atoms with Crippen LogP contribution in [0.3, 0.4) is 0 Å². The zero-order valence-corrected chi connectivity index (χ0v) is 14.3. The highest BCUT2D eigenvalue weighted by molar-refractivity contribution is 5.78. The molecule has 0 aromatic carbocycles. The van der Waals surface area contributed by atoms with Gasteiger partial charge in [0, 0.05) is 30.0 Å². The number of ether oxygens (including phenoxy) is 1. The molecule has 3 N–H and O–H groups in total. The average molecular weight is 320 g/mol. The van der Waals surface area contributed by atoms with Crippen molar-refractivity contribution in [2.75, 3.05) is 6.61 Å². The van der Waals surface area contributed by atoms with Crippen molar-refractivity contribution < 1.29 is 9.53 Å². The summed E-state index contributed by atoms with van der Waals surface area (Å²) >= 11 is 0. The Balaban J connectivity index is 1.82. The Bertz CT molecular complexity index is 515. The van der Waals surface area contributed by atoms with Crippen molar-refractivity contribution in [1.29, 1.82) is 0 Å². The van der Waals surface area contributed by atoms with Crippen molar-refractivity contribution in [3.8, 4) is 0 Å². The van der Waals surface area contributed by atoms with E-state index in [1.165, 1.54) is 0 Å². The zero-order chi connectivity index (χ0) is 16.8. The first-order valence-corrected chi connectivity index (χ1v) is 8.45. The number of hydrogen-bond acceptors (Lipinski definition) is 5. The van der Waals surface area contributed by atoms with Gasteiger partial charge in [-0.25, -0.2) is 9.97 Å². The van der Waals surface area contributed by atoms with Gasteiger partial charge in [-0.3, -0.25) is 4.79 Å². The Morgan fingerprint density at radius 1 is 1.35 bits per heavy atom. The molecule has 1 aromatic rings. The molecule has 1 aliphatic rings. The molecule has 2 rings (SSSR count). The van der Waals surface area contributed by atoms with Crippen LogP contribution < -0.4 is 11.1 Å². The molecule has 0 radical (unpaired) electrons. The lowest BCUT2D eigenvalue weighted by Crippen LogP contribution is -2.46. The quantitative estimate of drug-likeness (QED) is 0.831. The highest BCUT2D eigenvalue weighted by Gasteiger charge is 2.32. The van der Waals surface area contributed by atoms with Gasteiger partial charge in [0.25, 0.3) is 0 Å². The van der Waals surface area contributed by atoms with E-state index < -0.39 is 0 Å². The van der Waals surface area contributed by atoms with Crippen LogP contribution in [0.2, 0.25) is 0 Å². The van der Waals surface area contributed by atoms with Crippen LogP contribution in [0.4, 0.5) is 0 Å². The molecular formula is C17H28N4O2. The molecule has 1 aromatic heterocycles. The minimum atomic E-state index is -0.0662. The van der Waals surface area contributed by atoms with Gasteiger partial charge in [0.1, 0.15) is 5.82 Å². The zero-order valence-electron chi connectivity index (χ0n) is 14.3. The van der Waals surface area contributed by atoms with E-state index >= 15 is 0 Å². The molecular weight excluding hydrogens is 292 g/mol. The molecule has 3 atom stereocenters. The third-order valence-electron chi connectivity index (χ3n) is 4.19. The number of rotatable bonds is 6. The lowest BCUT2D eigenvalue weighted by molar-refractivity contribution is -0.127. The Morgan fingerprint density at radius 2 is 2.04 bits per heavy atom. The largest absolute Gasteiger partial charge is 0.377 e. The fraction of sp³-hybridized carbons (Fsp3) is 0.706. The molecule has 1 amide bonds. The van der Waals surface area contributed by atoms with Gasteiger partial charge >= 0.3 is 0 Å². The van der Waals surface area contributed by atoms with Gasteiger partial charge in [0.05, 0.1) is 12.6 Å². The van der Waals surface area contributed by atoms with Crippen molar-refractivity contribution in [3.63, 3.8) is 0 Å². The first-order valence-electron chi connectivity index (χ1n) is 8.45. The van der Waals surface area contributed by atoms with Crippen molar-refractivity contribution in [2.24, 2.45) is 11.7 Å². The van der Waals surface area contributed by atoms with Crippen LogP contribution >= 0.6 is 0 Å². The molecule has 0 spiro atoms. The second-order valence-corrected chi connectivity index (χ2v) is 6.37. The second kappa shape index (κ2) is 8.36. The third kappa shape index (κ3) is 5.25. The van der Waals surface area contributed by atoms with Crippen molar-refractivity contribution in [2.45, 2.75) is 65.1 Å². The maximum absolute atomic E-state index is 12.3. The van der Waals surface area contributed by atoms with Crippen molar-refractivity contribution >= 4 is 5.91 Å². The van der Waals surface area contributed by atoms with E-state index in [1.54, 1.807) is 0 Å². The molecule has 0 saturated heterocycles. The number of aromatic nitrogens is 2. The van der Waals surface area contributed by atoms with Gasteiger partial charge in [0.2, 0.25) is 5.91 Å². The standard InChI is InChI=1S/C17H28N4O2/c1-4-7-23-15-6-5-13(9-14(15)18)17(22)19-10-16-20-11(2)8-12(3)21-16/h8,13-15H,4-7,9-10,18H2,1-3H3,(H,19,22)/t13-,14+,15+/m0/s1. The number of amides is 1. The Labute approximate surface area is 138 Å². The minimum absolute atomic E-state index is 0.0390. The van der Waals surface area contributed by atoms with E-state index in [4.69, 9.17) is 10.5 Å². The summed E-state index contributed by atoms with van der Waals surface area (Å²) in [5.41, 5.74) is 7.99. The Hall–Kier alpha value is -1.53. The monoisotopic (exact) mass is 320 g/mol. The molecule has 128 valence electrons. The molecule has 6 nitrogen and oxygen atoms in total. The summed E-state index contributed by atoms with van der Waals surface area (Å²) in [6, 6.07) is 1.85. The molecule has 0 aliphatic heterocycles. The molecule has 1 heterocycles. The van der Waals surface area contributed by atoms with E-state index in [0.29, 0.717) is 18.8 Å². The Morgan fingerprint density at radius 3 is 2.65 bits per heavy atom. The van der Waals surface area contributed by atoms with E-state index in [2.05, 4.69) is 22.2 Å². The summed E-state index contributed by atoms with van der Waals surface area (Å²) < 4.78 is 5.75. The van der Waals surface area contributed by atoms with Crippen LogP contribution in [-0.2, 0) is 16.1 Å². The predicted molar refractivity (Wildman–Crippen MR) is 88.7 cm³/mol. The summed E-state index contributed by atoms with van der Waals surface area (Å²) in [6.07, 6.45) is 3.42. The maximum Gasteiger partial charge on any atom is 0.223 e. The highest BCUT2D eigenvalue weighted by atomic mass is 16.5. The van der Waals surface area contributed by atoms with Crippen molar-refractivity contribution in [1.82, 2.24) is 15.3 Å². The number of hydrogen-bond donors (Lipinski definition) is 2. The molecule has 1 aliphatic carbocycles.